The minimum Gasteiger partial charge on any atom is -0.371 e. The predicted octanol–water partition coefficient (Wildman–Crippen LogP) is 5.23. The molecule has 0 fully saturated rings. The zero-order chi connectivity index (χ0) is 16.5. The van der Waals surface area contributed by atoms with Crippen molar-refractivity contribution in [1.82, 2.24) is 0 Å². The number of allylic oxidation sites excluding steroid dienone is 4. The van der Waals surface area contributed by atoms with Crippen LogP contribution in [0.25, 0.3) is 0 Å². The molecule has 0 aromatic rings. The third kappa shape index (κ3) is 9.43. The minimum atomic E-state index is -0.177. The van der Waals surface area contributed by atoms with Gasteiger partial charge in [-0.2, -0.15) is 0 Å². The molecule has 0 radical (unpaired) electrons. The van der Waals surface area contributed by atoms with E-state index in [-0.39, 0.29) is 11.2 Å². The molecule has 0 aliphatic carbocycles. The average Bonchev–Trinajstić information content (AvgIpc) is 2.38. The molecule has 2 nitrogen and oxygen atoms in total. The molecule has 0 saturated heterocycles. The predicted molar refractivity (Wildman–Crippen MR) is 92.6 cm³/mol. The first-order chi connectivity index (χ1) is 9.65. The summed E-state index contributed by atoms with van der Waals surface area (Å²) in [4.78, 5) is 0. The molecule has 0 atom stereocenters. The van der Waals surface area contributed by atoms with Crippen molar-refractivity contribution in [3.8, 4) is 0 Å². The van der Waals surface area contributed by atoms with Gasteiger partial charge in [-0.05, 0) is 52.2 Å². The molecule has 0 heterocycles. The molecule has 0 aromatic carbocycles. The van der Waals surface area contributed by atoms with Gasteiger partial charge in [-0.3, -0.25) is 0 Å². The fraction of sp³-hybridized carbons (Fsp3) is 0.579. The van der Waals surface area contributed by atoms with Gasteiger partial charge in [-0.25, -0.2) is 0 Å². The third-order valence-electron chi connectivity index (χ3n) is 3.18. The zero-order valence-electron chi connectivity index (χ0n) is 14.7. The molecule has 0 aromatic heterocycles. The summed E-state index contributed by atoms with van der Waals surface area (Å²) in [5, 5.41) is 0. The molecule has 120 valence electrons. The lowest BCUT2D eigenvalue weighted by Crippen LogP contribution is -2.25. The van der Waals surface area contributed by atoms with Crippen LogP contribution in [0.5, 0.6) is 0 Å². The second kappa shape index (κ2) is 9.01. The van der Waals surface area contributed by atoms with Crippen LogP contribution >= 0.6 is 0 Å². The van der Waals surface area contributed by atoms with Crippen molar-refractivity contribution >= 4 is 0 Å². The van der Waals surface area contributed by atoms with Crippen LogP contribution in [-0.4, -0.2) is 24.4 Å². The maximum atomic E-state index is 6.01. The fourth-order valence-corrected chi connectivity index (χ4v) is 1.45. The van der Waals surface area contributed by atoms with Crippen LogP contribution in [0.4, 0.5) is 0 Å². The van der Waals surface area contributed by atoms with Crippen molar-refractivity contribution in [2.24, 2.45) is 0 Å². The Balaban J connectivity index is 5.02. The highest BCUT2D eigenvalue weighted by Gasteiger charge is 2.18. The quantitative estimate of drug-likeness (QED) is 0.542. The van der Waals surface area contributed by atoms with Crippen molar-refractivity contribution in [3.63, 3.8) is 0 Å². The molecule has 0 aliphatic heterocycles. The maximum Gasteiger partial charge on any atom is 0.0727 e. The van der Waals surface area contributed by atoms with Crippen LogP contribution in [0.3, 0.4) is 0 Å². The molecule has 0 bridgehead atoms. The monoisotopic (exact) mass is 292 g/mol. The summed E-state index contributed by atoms with van der Waals surface area (Å²) in [6.07, 6.45) is 8.48. The van der Waals surface area contributed by atoms with Crippen molar-refractivity contribution in [1.29, 1.82) is 0 Å². The Morgan fingerprint density at radius 3 is 1.62 bits per heavy atom. The lowest BCUT2D eigenvalue weighted by atomic mass is 10.0. The van der Waals surface area contributed by atoms with E-state index in [1.165, 1.54) is 0 Å². The van der Waals surface area contributed by atoms with E-state index in [2.05, 4.69) is 33.9 Å². The Labute approximate surface area is 131 Å². The van der Waals surface area contributed by atoms with Gasteiger partial charge in [0, 0.05) is 0 Å². The number of rotatable bonds is 9. The smallest absolute Gasteiger partial charge is 0.0727 e. The van der Waals surface area contributed by atoms with Gasteiger partial charge in [0.05, 0.1) is 24.4 Å². The first-order valence-corrected chi connectivity index (χ1v) is 7.56. The van der Waals surface area contributed by atoms with Gasteiger partial charge in [-0.1, -0.05) is 44.4 Å². The molecule has 0 N–H and O–H groups in total. The summed E-state index contributed by atoms with van der Waals surface area (Å²) < 4.78 is 11.9. The van der Waals surface area contributed by atoms with Gasteiger partial charge >= 0.3 is 0 Å². The summed E-state index contributed by atoms with van der Waals surface area (Å²) in [6, 6.07) is 0. The summed E-state index contributed by atoms with van der Waals surface area (Å²) >= 11 is 0. The first-order valence-electron chi connectivity index (χ1n) is 7.56. The maximum absolute atomic E-state index is 6.01. The Bertz CT molecular complexity index is 392. The summed E-state index contributed by atoms with van der Waals surface area (Å²) in [5.74, 6) is 0. The average molecular weight is 292 g/mol. The standard InChI is InChI=1S/C19H32O2/c1-9-12-16(14-20-18(4,5)6)17(13-10-2)15-21-19(7,8)11-3/h9-10,12-13H,1-2,11,14-15H2,3-8H3/b16-12-,17-13-. The zero-order valence-corrected chi connectivity index (χ0v) is 14.7. The van der Waals surface area contributed by atoms with Gasteiger partial charge in [0.2, 0.25) is 0 Å². The number of hydrogen-bond donors (Lipinski definition) is 0. The summed E-state index contributed by atoms with van der Waals surface area (Å²) in [6.45, 7) is 21.1. The van der Waals surface area contributed by atoms with Crippen LogP contribution < -0.4 is 0 Å². The second-order valence-corrected chi connectivity index (χ2v) is 6.66. The highest BCUT2D eigenvalue weighted by Crippen LogP contribution is 2.20. The minimum absolute atomic E-state index is 0.134. The first kappa shape index (κ1) is 19.9. The Hall–Kier alpha value is -1.12. The summed E-state index contributed by atoms with van der Waals surface area (Å²) in [5.41, 5.74) is 1.84. The Morgan fingerprint density at radius 1 is 0.857 bits per heavy atom. The van der Waals surface area contributed by atoms with Crippen LogP contribution in [0.2, 0.25) is 0 Å². The lowest BCUT2D eigenvalue weighted by Gasteiger charge is -2.26. The van der Waals surface area contributed by atoms with Crippen molar-refractivity contribution in [3.05, 3.63) is 48.6 Å². The Kier molecular flexibility index (Phi) is 8.53. The van der Waals surface area contributed by atoms with Crippen LogP contribution in [0.15, 0.2) is 48.6 Å². The SMILES string of the molecule is C=C/C=C(COC(C)(C)C)\C(=C/C=C)COC(C)(C)CC. The van der Waals surface area contributed by atoms with Crippen LogP contribution in [-0.2, 0) is 9.47 Å². The molecular formula is C19H32O2. The molecule has 0 unspecified atom stereocenters. The highest BCUT2D eigenvalue weighted by molar-refractivity contribution is 5.36. The Morgan fingerprint density at radius 2 is 1.29 bits per heavy atom. The van der Waals surface area contributed by atoms with E-state index in [4.69, 9.17) is 9.47 Å². The van der Waals surface area contributed by atoms with Gasteiger partial charge in [-0.15, -0.1) is 0 Å². The van der Waals surface area contributed by atoms with Crippen LogP contribution in [0.1, 0.15) is 48.0 Å². The highest BCUT2D eigenvalue weighted by atomic mass is 16.5. The molecule has 2 heteroatoms. The van der Waals surface area contributed by atoms with Crippen molar-refractivity contribution in [2.75, 3.05) is 13.2 Å². The molecule has 0 rings (SSSR count). The molecule has 0 aliphatic rings. The normalized spacial score (nSPS) is 14.2. The van der Waals surface area contributed by atoms with Crippen molar-refractivity contribution < 1.29 is 9.47 Å². The molecule has 21 heavy (non-hydrogen) atoms. The van der Waals surface area contributed by atoms with E-state index in [0.717, 1.165) is 17.6 Å². The largest absolute Gasteiger partial charge is 0.371 e. The van der Waals surface area contributed by atoms with E-state index in [1.807, 2.05) is 32.9 Å². The van der Waals surface area contributed by atoms with E-state index in [0.29, 0.717) is 13.2 Å². The van der Waals surface area contributed by atoms with E-state index >= 15 is 0 Å². The summed E-state index contributed by atoms with van der Waals surface area (Å²) in [7, 11) is 0. The molecule has 0 saturated carbocycles. The number of ether oxygens (including phenoxy) is 2. The van der Waals surface area contributed by atoms with Gasteiger partial charge in [0.25, 0.3) is 0 Å². The third-order valence-corrected chi connectivity index (χ3v) is 3.18. The number of hydrogen-bond acceptors (Lipinski definition) is 2. The van der Waals surface area contributed by atoms with Crippen LogP contribution in [0, 0.1) is 0 Å². The fourth-order valence-electron chi connectivity index (χ4n) is 1.45. The molecule has 0 spiro atoms. The van der Waals surface area contributed by atoms with Crippen molar-refractivity contribution in [2.45, 2.75) is 59.2 Å². The van der Waals surface area contributed by atoms with Gasteiger partial charge < -0.3 is 9.47 Å². The van der Waals surface area contributed by atoms with Gasteiger partial charge in [0.1, 0.15) is 0 Å². The molecular weight excluding hydrogens is 260 g/mol. The second-order valence-electron chi connectivity index (χ2n) is 6.66. The van der Waals surface area contributed by atoms with Gasteiger partial charge in [0.15, 0.2) is 0 Å². The van der Waals surface area contributed by atoms with E-state index in [9.17, 15) is 0 Å². The van der Waals surface area contributed by atoms with E-state index in [1.54, 1.807) is 12.2 Å². The lowest BCUT2D eigenvalue weighted by molar-refractivity contribution is -0.0100. The molecule has 0 amide bonds. The topological polar surface area (TPSA) is 18.5 Å². The van der Waals surface area contributed by atoms with E-state index < -0.39 is 0 Å².